The summed E-state index contributed by atoms with van der Waals surface area (Å²) in [5.74, 6) is 5.17. The van der Waals surface area contributed by atoms with Crippen molar-refractivity contribution in [3.8, 4) is 0 Å². The molecule has 0 radical (unpaired) electrons. The molecule has 5 aliphatic rings. The highest BCUT2D eigenvalue weighted by molar-refractivity contribution is 5.89. The predicted octanol–water partition coefficient (Wildman–Crippen LogP) is 9.99. The maximum Gasteiger partial charge on any atom is 0.414 e. The van der Waals surface area contributed by atoms with Crippen LogP contribution in [0.5, 0.6) is 0 Å². The largest absolute Gasteiger partial charge is 0.446 e. The van der Waals surface area contributed by atoms with E-state index in [9.17, 15) is 4.79 Å². The van der Waals surface area contributed by atoms with Gasteiger partial charge in [-0.1, -0.05) is 83.7 Å². The first-order valence-corrected chi connectivity index (χ1v) is 17.0. The summed E-state index contributed by atoms with van der Waals surface area (Å²) in [6.45, 7) is 13.4. The molecule has 8 atom stereocenters. The van der Waals surface area contributed by atoms with Gasteiger partial charge in [-0.3, -0.25) is 4.90 Å². The van der Waals surface area contributed by atoms with Crippen LogP contribution in [-0.4, -0.2) is 18.7 Å². The van der Waals surface area contributed by atoms with Crippen molar-refractivity contribution < 1.29 is 9.53 Å². The summed E-state index contributed by atoms with van der Waals surface area (Å²) in [6.07, 6.45) is 18.9. The summed E-state index contributed by atoms with van der Waals surface area (Å²) in [4.78, 5) is 15.2. The minimum absolute atomic E-state index is 0.0221. The average Bonchev–Trinajstić information content (AvgIpc) is 3.30. The zero-order valence-corrected chi connectivity index (χ0v) is 26.1. The molecule has 3 heteroatoms. The fraction of sp³-hybridized carbons (Fsp3) is 0.757. The molecule has 3 nitrogen and oxygen atoms in total. The molecule has 0 bridgehead atoms. The van der Waals surface area contributed by atoms with E-state index in [0.29, 0.717) is 10.8 Å². The van der Waals surface area contributed by atoms with Gasteiger partial charge in [-0.05, 0) is 116 Å². The van der Waals surface area contributed by atoms with Crippen molar-refractivity contribution in [3.05, 3.63) is 41.5 Å². The summed E-state index contributed by atoms with van der Waals surface area (Å²) in [6, 6.07) is 8.34. The Kier molecular flexibility index (Phi) is 7.90. The highest BCUT2D eigenvalue weighted by atomic mass is 16.6. The van der Waals surface area contributed by atoms with Crippen molar-refractivity contribution in [2.45, 2.75) is 124 Å². The van der Waals surface area contributed by atoms with E-state index < -0.39 is 0 Å². The number of allylic oxidation sites excluding steroid dienone is 1. The lowest BCUT2D eigenvalue weighted by Gasteiger charge is -2.58. The number of carbonyl (C=O) groups excluding carboxylic acids is 1. The minimum Gasteiger partial charge on any atom is -0.446 e. The number of aryl methyl sites for hydroxylation is 1. The van der Waals surface area contributed by atoms with Crippen LogP contribution >= 0.6 is 0 Å². The first-order chi connectivity index (χ1) is 19.2. The lowest BCUT2D eigenvalue weighted by molar-refractivity contribution is -0.0579. The third kappa shape index (κ3) is 4.96. The monoisotopic (exact) mass is 545 g/mol. The quantitative estimate of drug-likeness (QED) is 0.333. The number of benzene rings is 1. The van der Waals surface area contributed by atoms with Gasteiger partial charge < -0.3 is 4.74 Å². The van der Waals surface area contributed by atoms with Gasteiger partial charge >= 0.3 is 6.09 Å². The second-order valence-electron chi connectivity index (χ2n) is 15.4. The Hall–Kier alpha value is -1.77. The van der Waals surface area contributed by atoms with Gasteiger partial charge in [-0.15, -0.1) is 0 Å². The van der Waals surface area contributed by atoms with Crippen LogP contribution < -0.4 is 4.90 Å². The molecule has 0 N–H and O–H groups in total. The number of hydrogen-bond acceptors (Lipinski definition) is 2. The van der Waals surface area contributed by atoms with Crippen molar-refractivity contribution >= 4 is 11.8 Å². The van der Waals surface area contributed by atoms with E-state index in [4.69, 9.17) is 4.74 Å². The topological polar surface area (TPSA) is 29.5 Å². The van der Waals surface area contributed by atoms with Crippen LogP contribution in [0, 0.1) is 46.3 Å². The van der Waals surface area contributed by atoms with E-state index in [0.717, 1.165) is 73.4 Å². The number of rotatable bonds is 6. The molecule has 0 spiro atoms. The smallest absolute Gasteiger partial charge is 0.414 e. The van der Waals surface area contributed by atoms with Crippen molar-refractivity contribution in [1.82, 2.24) is 0 Å². The Balaban J connectivity index is 1.11. The second-order valence-corrected chi connectivity index (χ2v) is 15.4. The van der Waals surface area contributed by atoms with Crippen LogP contribution in [0.2, 0.25) is 0 Å². The zero-order chi connectivity index (χ0) is 28.1. The number of nitrogens with zero attached hydrogens (tertiary/aromatic N) is 1. The molecule has 3 fully saturated rings. The Morgan fingerprint density at radius 3 is 2.67 bits per heavy atom. The molecular formula is C37H55NO2. The van der Waals surface area contributed by atoms with Crippen LogP contribution in [0.25, 0.3) is 0 Å². The Morgan fingerprint density at radius 1 is 1.02 bits per heavy atom. The summed E-state index contributed by atoms with van der Waals surface area (Å²) in [7, 11) is 0. The third-order valence-corrected chi connectivity index (χ3v) is 12.9. The molecule has 1 aromatic rings. The van der Waals surface area contributed by atoms with E-state index in [1.165, 1.54) is 63.4 Å². The lowest BCUT2D eigenvalue weighted by Crippen LogP contribution is -2.51. The maximum absolute atomic E-state index is 13.3. The summed E-state index contributed by atoms with van der Waals surface area (Å²) in [5.41, 5.74) is 4.76. The maximum atomic E-state index is 13.3. The zero-order valence-electron chi connectivity index (χ0n) is 26.1. The molecule has 1 amide bonds. The van der Waals surface area contributed by atoms with Crippen LogP contribution in [0.4, 0.5) is 10.5 Å². The Bertz CT molecular complexity index is 1110. The SMILES string of the molecule is CC(C)CCC[C@@H](C)[C@H]1CC[C@H]2[C@@H]3CC=C4C[C@@H](OC(=O)N5CCCc6ccccc65)CC[C@]4(C)[C@H]3CC[C@]12C. The van der Waals surface area contributed by atoms with Gasteiger partial charge in [0.25, 0.3) is 0 Å². The molecular weight excluding hydrogens is 490 g/mol. The molecule has 0 unspecified atom stereocenters. The molecule has 220 valence electrons. The number of amides is 1. The van der Waals surface area contributed by atoms with E-state index in [1.54, 1.807) is 5.57 Å². The first-order valence-electron chi connectivity index (χ1n) is 17.0. The number of ether oxygens (including phenoxy) is 1. The normalized spacial score (nSPS) is 37.6. The number of carbonyl (C=O) groups is 1. The van der Waals surface area contributed by atoms with Gasteiger partial charge in [-0.25, -0.2) is 4.79 Å². The van der Waals surface area contributed by atoms with E-state index >= 15 is 0 Å². The molecule has 3 saturated carbocycles. The fourth-order valence-corrected chi connectivity index (χ4v) is 10.7. The van der Waals surface area contributed by atoms with Crippen LogP contribution in [0.3, 0.4) is 0 Å². The molecule has 6 rings (SSSR count). The lowest BCUT2D eigenvalue weighted by atomic mass is 9.47. The first kappa shape index (κ1) is 28.4. The molecule has 1 aromatic carbocycles. The van der Waals surface area contributed by atoms with Crippen LogP contribution in [0.15, 0.2) is 35.9 Å². The highest BCUT2D eigenvalue weighted by Crippen LogP contribution is 2.67. The van der Waals surface area contributed by atoms with Crippen molar-refractivity contribution in [3.63, 3.8) is 0 Å². The minimum atomic E-state index is -0.136. The molecule has 1 aliphatic heterocycles. The van der Waals surface area contributed by atoms with E-state index in [1.807, 2.05) is 11.0 Å². The number of para-hydroxylation sites is 1. The standard InChI is InChI=1S/C37H55NO2/c1-25(2)10-8-11-26(3)31-17-18-32-30-16-15-28-24-29(19-21-36(28,4)33(30)20-22-37(31,32)5)40-35(39)38-23-9-13-27-12-6-7-14-34(27)38/h6-7,12,14-15,25-26,29-33H,8-11,13,16-24H2,1-5H3/t26-,29+,30+,31-,32+,33+,36+,37-/m1/s1. The molecule has 4 aliphatic carbocycles. The summed E-state index contributed by atoms with van der Waals surface area (Å²) < 4.78 is 6.24. The van der Waals surface area contributed by atoms with E-state index in [-0.39, 0.29) is 12.2 Å². The fourth-order valence-electron chi connectivity index (χ4n) is 10.7. The van der Waals surface area contributed by atoms with Crippen LogP contribution in [0.1, 0.15) is 117 Å². The predicted molar refractivity (Wildman–Crippen MR) is 165 cm³/mol. The number of anilines is 1. The van der Waals surface area contributed by atoms with Gasteiger partial charge in [0.15, 0.2) is 0 Å². The second kappa shape index (κ2) is 11.1. The van der Waals surface area contributed by atoms with Crippen molar-refractivity contribution in [2.75, 3.05) is 11.4 Å². The molecule has 1 heterocycles. The van der Waals surface area contributed by atoms with Gasteiger partial charge in [0.05, 0.1) is 5.69 Å². The molecule has 40 heavy (non-hydrogen) atoms. The molecule has 0 saturated heterocycles. The summed E-state index contributed by atoms with van der Waals surface area (Å²) >= 11 is 0. The molecule has 0 aromatic heterocycles. The van der Waals surface area contributed by atoms with Gasteiger partial charge in [0.2, 0.25) is 0 Å². The van der Waals surface area contributed by atoms with Crippen molar-refractivity contribution in [2.24, 2.45) is 46.3 Å². The van der Waals surface area contributed by atoms with Gasteiger partial charge in [0, 0.05) is 13.0 Å². The number of fused-ring (bicyclic) bond motifs is 6. The average molecular weight is 546 g/mol. The van der Waals surface area contributed by atoms with Gasteiger partial charge in [-0.2, -0.15) is 0 Å². The van der Waals surface area contributed by atoms with Gasteiger partial charge in [0.1, 0.15) is 6.10 Å². The van der Waals surface area contributed by atoms with Crippen LogP contribution in [-0.2, 0) is 11.2 Å². The number of hydrogen-bond donors (Lipinski definition) is 0. The Morgan fingerprint density at radius 2 is 1.85 bits per heavy atom. The highest BCUT2D eigenvalue weighted by Gasteiger charge is 2.59. The Labute approximate surface area is 244 Å². The third-order valence-electron chi connectivity index (χ3n) is 12.9. The van der Waals surface area contributed by atoms with E-state index in [2.05, 4.69) is 58.9 Å². The van der Waals surface area contributed by atoms with Crippen molar-refractivity contribution in [1.29, 1.82) is 0 Å². The summed E-state index contributed by atoms with van der Waals surface area (Å²) in [5, 5.41) is 0.